The summed E-state index contributed by atoms with van der Waals surface area (Å²) in [4.78, 5) is 10.4. The smallest absolute Gasteiger partial charge is 0.164 e. The third kappa shape index (κ3) is 3.97. The zero-order valence-electron chi connectivity index (χ0n) is 22.1. The lowest BCUT2D eigenvalue weighted by Gasteiger charge is -2.11. The number of para-hydroxylation sites is 2. The van der Waals surface area contributed by atoms with Crippen molar-refractivity contribution in [1.29, 1.82) is 0 Å². The van der Waals surface area contributed by atoms with Crippen molar-refractivity contribution < 1.29 is 0 Å². The maximum atomic E-state index is 5.27. The summed E-state index contributed by atoms with van der Waals surface area (Å²) in [6.07, 6.45) is 0. The van der Waals surface area contributed by atoms with E-state index in [-0.39, 0.29) is 0 Å². The van der Waals surface area contributed by atoms with Gasteiger partial charge in [0.05, 0.1) is 27.8 Å². The molecule has 0 spiro atoms. The summed E-state index contributed by atoms with van der Waals surface area (Å²) < 4.78 is 2.03. The second-order valence-electron chi connectivity index (χ2n) is 10.1. The molecule has 0 saturated carbocycles. The molecular formula is C37H24N4. The number of nitrogens with zero attached hydrogens (tertiary/aromatic N) is 4. The first-order valence-corrected chi connectivity index (χ1v) is 13.7. The lowest BCUT2D eigenvalue weighted by atomic mass is 10.0. The molecule has 0 atom stereocenters. The summed E-state index contributed by atoms with van der Waals surface area (Å²) in [5.41, 5.74) is 10.1. The Morgan fingerprint density at radius 2 is 1.02 bits per heavy atom. The number of rotatable bonds is 4. The standard InChI is InChI=1S/C37H24N4/c1-3-11-25(12-4-1)26-19-21-29(22-20-26)35-30-16-8-9-17-31(30)38-37(39-35)34-33-24-23-27-13-7-10-18-32(27)41(33)40-36(34)28-14-5-2-6-15-28/h1-24H. The van der Waals surface area contributed by atoms with Gasteiger partial charge in [-0.2, -0.15) is 5.10 Å². The van der Waals surface area contributed by atoms with Gasteiger partial charge in [0.25, 0.3) is 0 Å². The molecule has 0 bridgehead atoms. The van der Waals surface area contributed by atoms with Crippen LogP contribution in [0.5, 0.6) is 0 Å². The van der Waals surface area contributed by atoms with E-state index < -0.39 is 0 Å². The van der Waals surface area contributed by atoms with Crippen molar-refractivity contribution in [1.82, 2.24) is 19.6 Å². The third-order valence-corrected chi connectivity index (χ3v) is 7.65. The SMILES string of the molecule is c1ccc(-c2ccc(-c3nc(-c4c(-c5ccccc5)nn5c4ccc4ccccc45)nc4ccccc34)cc2)cc1. The van der Waals surface area contributed by atoms with Gasteiger partial charge >= 0.3 is 0 Å². The van der Waals surface area contributed by atoms with Crippen LogP contribution in [0.3, 0.4) is 0 Å². The lowest BCUT2D eigenvalue weighted by molar-refractivity contribution is 1.01. The molecule has 0 aliphatic rings. The molecule has 0 unspecified atom stereocenters. The molecule has 0 fully saturated rings. The van der Waals surface area contributed by atoms with Gasteiger partial charge in [-0.15, -0.1) is 0 Å². The Bertz CT molecular complexity index is 2180. The Morgan fingerprint density at radius 1 is 0.415 bits per heavy atom. The van der Waals surface area contributed by atoms with Gasteiger partial charge in [0.2, 0.25) is 0 Å². The predicted octanol–water partition coefficient (Wildman–Crippen LogP) is 9.10. The first-order chi connectivity index (χ1) is 20.3. The summed E-state index contributed by atoms with van der Waals surface area (Å²) in [6, 6.07) is 50.2. The minimum absolute atomic E-state index is 0.662. The highest BCUT2D eigenvalue weighted by Crippen LogP contribution is 2.37. The molecule has 4 heteroatoms. The van der Waals surface area contributed by atoms with Gasteiger partial charge < -0.3 is 0 Å². The maximum Gasteiger partial charge on any atom is 0.164 e. The monoisotopic (exact) mass is 524 g/mol. The molecule has 8 aromatic rings. The second kappa shape index (κ2) is 9.54. The van der Waals surface area contributed by atoms with Gasteiger partial charge in [-0.1, -0.05) is 127 Å². The molecule has 0 N–H and O–H groups in total. The largest absolute Gasteiger partial charge is 0.232 e. The van der Waals surface area contributed by atoms with E-state index in [2.05, 4.69) is 109 Å². The van der Waals surface area contributed by atoms with Crippen LogP contribution in [0.2, 0.25) is 0 Å². The average Bonchev–Trinajstić information content (AvgIpc) is 3.46. The Hall–Kier alpha value is -5.61. The molecule has 0 amide bonds. The van der Waals surface area contributed by atoms with Crippen molar-refractivity contribution in [2.45, 2.75) is 0 Å². The van der Waals surface area contributed by atoms with Crippen LogP contribution in [0.1, 0.15) is 0 Å². The molecule has 5 aromatic carbocycles. The van der Waals surface area contributed by atoms with E-state index in [0.717, 1.165) is 55.4 Å². The second-order valence-corrected chi connectivity index (χ2v) is 10.1. The van der Waals surface area contributed by atoms with Gasteiger partial charge in [-0.05, 0) is 29.3 Å². The van der Waals surface area contributed by atoms with E-state index in [1.807, 2.05) is 40.9 Å². The van der Waals surface area contributed by atoms with Gasteiger partial charge in [-0.3, -0.25) is 0 Å². The van der Waals surface area contributed by atoms with Crippen LogP contribution in [0.25, 0.3) is 72.4 Å². The van der Waals surface area contributed by atoms with E-state index >= 15 is 0 Å². The van der Waals surface area contributed by atoms with Crippen LogP contribution in [0.4, 0.5) is 0 Å². The summed E-state index contributed by atoms with van der Waals surface area (Å²) in [5.74, 6) is 0.662. The van der Waals surface area contributed by atoms with Crippen LogP contribution in [-0.4, -0.2) is 19.6 Å². The van der Waals surface area contributed by atoms with E-state index in [9.17, 15) is 0 Å². The zero-order chi connectivity index (χ0) is 27.2. The van der Waals surface area contributed by atoms with E-state index in [0.29, 0.717) is 5.82 Å². The van der Waals surface area contributed by atoms with Crippen molar-refractivity contribution in [3.05, 3.63) is 146 Å². The molecule has 0 radical (unpaired) electrons. The molecule has 3 aromatic heterocycles. The number of pyridine rings is 1. The number of hydrogen-bond donors (Lipinski definition) is 0. The third-order valence-electron chi connectivity index (χ3n) is 7.65. The lowest BCUT2D eigenvalue weighted by Crippen LogP contribution is -1.96. The summed E-state index contributed by atoms with van der Waals surface area (Å²) in [6.45, 7) is 0. The molecule has 8 rings (SSSR count). The van der Waals surface area contributed by atoms with Gasteiger partial charge in [0, 0.05) is 21.9 Å². The van der Waals surface area contributed by atoms with Crippen molar-refractivity contribution >= 4 is 27.3 Å². The number of fused-ring (bicyclic) bond motifs is 4. The van der Waals surface area contributed by atoms with Crippen LogP contribution >= 0.6 is 0 Å². The van der Waals surface area contributed by atoms with Crippen LogP contribution in [-0.2, 0) is 0 Å². The molecule has 0 saturated heterocycles. The van der Waals surface area contributed by atoms with Crippen molar-refractivity contribution in [3.8, 4) is 45.0 Å². The summed E-state index contributed by atoms with van der Waals surface area (Å²) in [7, 11) is 0. The van der Waals surface area contributed by atoms with Crippen molar-refractivity contribution in [2.24, 2.45) is 0 Å². The molecule has 0 aliphatic heterocycles. The average molecular weight is 525 g/mol. The number of aromatic nitrogens is 4. The van der Waals surface area contributed by atoms with E-state index in [1.54, 1.807) is 0 Å². The fourth-order valence-corrected chi connectivity index (χ4v) is 5.64. The predicted molar refractivity (Wildman–Crippen MR) is 168 cm³/mol. The fourth-order valence-electron chi connectivity index (χ4n) is 5.64. The highest BCUT2D eigenvalue weighted by atomic mass is 15.2. The topological polar surface area (TPSA) is 43.1 Å². The number of benzene rings is 5. The van der Waals surface area contributed by atoms with Crippen LogP contribution < -0.4 is 0 Å². The first-order valence-electron chi connectivity index (χ1n) is 13.7. The van der Waals surface area contributed by atoms with Gasteiger partial charge in [0.1, 0.15) is 5.69 Å². The van der Waals surface area contributed by atoms with Crippen LogP contribution in [0, 0.1) is 0 Å². The molecule has 3 heterocycles. The highest BCUT2D eigenvalue weighted by molar-refractivity contribution is 5.98. The zero-order valence-corrected chi connectivity index (χ0v) is 22.1. The molecule has 4 nitrogen and oxygen atoms in total. The van der Waals surface area contributed by atoms with Crippen LogP contribution in [0.15, 0.2) is 146 Å². The molecule has 0 aliphatic carbocycles. The maximum absolute atomic E-state index is 5.27. The van der Waals surface area contributed by atoms with Crippen molar-refractivity contribution in [3.63, 3.8) is 0 Å². The fraction of sp³-hybridized carbons (Fsp3) is 0. The van der Waals surface area contributed by atoms with Gasteiger partial charge in [0.15, 0.2) is 5.82 Å². The summed E-state index contributed by atoms with van der Waals surface area (Å²) >= 11 is 0. The van der Waals surface area contributed by atoms with Gasteiger partial charge in [-0.25, -0.2) is 14.5 Å². The highest BCUT2D eigenvalue weighted by Gasteiger charge is 2.22. The Morgan fingerprint density at radius 3 is 1.83 bits per heavy atom. The molecular weight excluding hydrogens is 500 g/mol. The number of hydrogen-bond acceptors (Lipinski definition) is 3. The quantitative estimate of drug-likeness (QED) is 0.231. The first kappa shape index (κ1) is 23.3. The Balaban J connectivity index is 1.39. The van der Waals surface area contributed by atoms with Crippen molar-refractivity contribution in [2.75, 3.05) is 0 Å². The molecule has 41 heavy (non-hydrogen) atoms. The summed E-state index contributed by atoms with van der Waals surface area (Å²) in [5, 5.41) is 7.30. The minimum atomic E-state index is 0.662. The minimum Gasteiger partial charge on any atom is -0.232 e. The van der Waals surface area contributed by atoms with E-state index in [1.165, 1.54) is 11.1 Å². The molecule has 192 valence electrons. The van der Waals surface area contributed by atoms with E-state index in [4.69, 9.17) is 15.1 Å². The normalized spacial score (nSPS) is 11.4. The Labute approximate surface area is 237 Å². The Kier molecular flexibility index (Phi) is 5.42.